The van der Waals surface area contributed by atoms with E-state index in [1.165, 1.54) is 0 Å². The molecule has 0 atom stereocenters. The molecular weight excluding hydrogens is 290 g/mol. The summed E-state index contributed by atoms with van der Waals surface area (Å²) in [7, 11) is -3.60. The summed E-state index contributed by atoms with van der Waals surface area (Å²) in [6.45, 7) is 0.728. The van der Waals surface area contributed by atoms with Crippen LogP contribution in [-0.4, -0.2) is 29.6 Å². The van der Waals surface area contributed by atoms with Gasteiger partial charge in [0.15, 0.2) is 5.03 Å². The normalized spacial score (nSPS) is 15.2. The molecule has 7 nitrogen and oxygen atoms in total. The molecule has 2 aromatic rings. The van der Waals surface area contributed by atoms with Gasteiger partial charge in [0, 0.05) is 37.1 Å². The first-order valence-corrected chi connectivity index (χ1v) is 8.28. The fourth-order valence-corrected chi connectivity index (χ4v) is 3.09. The SMILES string of the molecule is O=S(=O)(NCc1ccncc1)c1[nH]ncc1CNC1CC1. The first kappa shape index (κ1) is 14.2. The maximum absolute atomic E-state index is 12.3. The molecule has 0 spiro atoms. The molecule has 0 amide bonds. The molecule has 3 rings (SSSR count). The largest absolute Gasteiger partial charge is 0.310 e. The van der Waals surface area contributed by atoms with Crippen LogP contribution in [0.25, 0.3) is 0 Å². The van der Waals surface area contributed by atoms with Crippen molar-refractivity contribution in [2.75, 3.05) is 0 Å². The van der Waals surface area contributed by atoms with Crippen LogP contribution in [0.3, 0.4) is 0 Å². The predicted molar refractivity (Wildman–Crippen MR) is 76.7 cm³/mol. The number of hydrogen-bond acceptors (Lipinski definition) is 5. The van der Waals surface area contributed by atoms with Crippen LogP contribution in [0, 0.1) is 0 Å². The molecule has 8 heteroatoms. The van der Waals surface area contributed by atoms with E-state index in [0.717, 1.165) is 18.4 Å². The summed E-state index contributed by atoms with van der Waals surface area (Å²) < 4.78 is 27.2. The smallest absolute Gasteiger partial charge is 0.258 e. The van der Waals surface area contributed by atoms with E-state index in [-0.39, 0.29) is 11.6 Å². The van der Waals surface area contributed by atoms with Crippen LogP contribution in [0.5, 0.6) is 0 Å². The summed E-state index contributed by atoms with van der Waals surface area (Å²) in [6, 6.07) is 4.05. The fraction of sp³-hybridized carbons (Fsp3) is 0.385. The van der Waals surface area contributed by atoms with Crippen LogP contribution in [0.2, 0.25) is 0 Å². The highest BCUT2D eigenvalue weighted by Gasteiger charge is 2.24. The maximum atomic E-state index is 12.3. The van der Waals surface area contributed by atoms with Gasteiger partial charge in [-0.25, -0.2) is 13.1 Å². The molecule has 0 aliphatic heterocycles. The van der Waals surface area contributed by atoms with Crippen LogP contribution in [0.4, 0.5) is 0 Å². The first-order valence-electron chi connectivity index (χ1n) is 6.79. The van der Waals surface area contributed by atoms with Gasteiger partial charge in [0.25, 0.3) is 10.0 Å². The second kappa shape index (κ2) is 5.92. The highest BCUT2D eigenvalue weighted by atomic mass is 32.2. The Labute approximate surface area is 123 Å². The van der Waals surface area contributed by atoms with Crippen molar-refractivity contribution in [3.8, 4) is 0 Å². The van der Waals surface area contributed by atoms with E-state index < -0.39 is 10.0 Å². The summed E-state index contributed by atoms with van der Waals surface area (Å²) in [5.74, 6) is 0. The Morgan fingerprint density at radius 3 is 2.71 bits per heavy atom. The minimum atomic E-state index is -3.60. The predicted octanol–water partition coefficient (Wildman–Crippen LogP) is 0.535. The number of pyridine rings is 1. The van der Waals surface area contributed by atoms with Crippen LogP contribution in [-0.2, 0) is 23.1 Å². The van der Waals surface area contributed by atoms with E-state index >= 15 is 0 Å². The topological polar surface area (TPSA) is 99.8 Å². The quantitative estimate of drug-likeness (QED) is 0.693. The van der Waals surface area contributed by atoms with Gasteiger partial charge in [-0.05, 0) is 30.5 Å². The maximum Gasteiger partial charge on any atom is 0.258 e. The third-order valence-electron chi connectivity index (χ3n) is 3.32. The molecule has 112 valence electrons. The van der Waals surface area contributed by atoms with Crippen molar-refractivity contribution in [3.63, 3.8) is 0 Å². The molecule has 3 N–H and O–H groups in total. The number of nitrogens with one attached hydrogen (secondary N) is 3. The Hall–Kier alpha value is -1.77. The van der Waals surface area contributed by atoms with Gasteiger partial charge in [-0.3, -0.25) is 10.1 Å². The Morgan fingerprint density at radius 1 is 1.24 bits per heavy atom. The molecule has 0 bridgehead atoms. The zero-order valence-electron chi connectivity index (χ0n) is 11.4. The fourth-order valence-electron chi connectivity index (χ4n) is 1.95. The lowest BCUT2D eigenvalue weighted by Crippen LogP contribution is -2.26. The Balaban J connectivity index is 1.67. The lowest BCUT2D eigenvalue weighted by molar-refractivity contribution is 0.573. The van der Waals surface area contributed by atoms with Crippen molar-refractivity contribution in [2.24, 2.45) is 0 Å². The summed E-state index contributed by atoms with van der Waals surface area (Å²) in [5.41, 5.74) is 1.51. The number of H-pyrrole nitrogens is 1. The molecule has 1 saturated carbocycles. The van der Waals surface area contributed by atoms with E-state index in [4.69, 9.17) is 0 Å². The van der Waals surface area contributed by atoms with Gasteiger partial charge in [0.2, 0.25) is 0 Å². The van der Waals surface area contributed by atoms with Gasteiger partial charge in [-0.2, -0.15) is 5.10 Å². The van der Waals surface area contributed by atoms with Gasteiger partial charge in [-0.1, -0.05) is 0 Å². The number of hydrogen-bond donors (Lipinski definition) is 3. The van der Waals surface area contributed by atoms with Gasteiger partial charge in [0.05, 0.1) is 6.20 Å². The molecule has 0 saturated heterocycles. The number of nitrogens with zero attached hydrogens (tertiary/aromatic N) is 2. The minimum Gasteiger partial charge on any atom is -0.310 e. The van der Waals surface area contributed by atoms with E-state index in [1.54, 1.807) is 30.7 Å². The minimum absolute atomic E-state index is 0.129. The van der Waals surface area contributed by atoms with Crippen molar-refractivity contribution in [3.05, 3.63) is 41.9 Å². The van der Waals surface area contributed by atoms with E-state index in [0.29, 0.717) is 18.2 Å². The molecule has 1 aliphatic carbocycles. The summed E-state index contributed by atoms with van der Waals surface area (Å²) >= 11 is 0. The highest BCUT2D eigenvalue weighted by molar-refractivity contribution is 7.89. The van der Waals surface area contributed by atoms with Crippen LogP contribution >= 0.6 is 0 Å². The average molecular weight is 307 g/mol. The Morgan fingerprint density at radius 2 is 2.00 bits per heavy atom. The monoisotopic (exact) mass is 307 g/mol. The molecule has 0 aromatic carbocycles. The first-order chi connectivity index (χ1) is 10.1. The highest BCUT2D eigenvalue weighted by Crippen LogP contribution is 2.20. The van der Waals surface area contributed by atoms with Crippen molar-refractivity contribution < 1.29 is 8.42 Å². The summed E-state index contributed by atoms with van der Waals surface area (Å²) in [6.07, 6.45) is 7.12. The van der Waals surface area contributed by atoms with Crippen LogP contribution in [0.1, 0.15) is 24.0 Å². The second-order valence-corrected chi connectivity index (χ2v) is 6.76. The lowest BCUT2D eigenvalue weighted by Gasteiger charge is -2.07. The summed E-state index contributed by atoms with van der Waals surface area (Å²) in [4.78, 5) is 3.90. The molecule has 2 heterocycles. The zero-order valence-corrected chi connectivity index (χ0v) is 12.2. The van der Waals surface area contributed by atoms with Crippen molar-refractivity contribution in [1.29, 1.82) is 0 Å². The molecule has 2 aromatic heterocycles. The van der Waals surface area contributed by atoms with Crippen LogP contribution in [0.15, 0.2) is 35.7 Å². The number of aromatic amines is 1. The molecule has 21 heavy (non-hydrogen) atoms. The number of sulfonamides is 1. The van der Waals surface area contributed by atoms with Gasteiger partial charge in [0.1, 0.15) is 0 Å². The number of aromatic nitrogens is 3. The number of rotatable bonds is 7. The standard InChI is InChI=1S/C13H17N5O2S/c19-21(20,17-7-10-3-5-14-6-4-10)13-11(9-16-18-13)8-15-12-1-2-12/h3-6,9,12,15,17H,1-2,7-8H2,(H,16,18). The molecule has 1 fully saturated rings. The third kappa shape index (κ3) is 3.66. The van der Waals surface area contributed by atoms with Gasteiger partial charge in [-0.15, -0.1) is 0 Å². The van der Waals surface area contributed by atoms with Gasteiger partial charge >= 0.3 is 0 Å². The zero-order chi connectivity index (χ0) is 14.7. The Kier molecular flexibility index (Phi) is 4.00. The molecule has 0 unspecified atom stereocenters. The summed E-state index contributed by atoms with van der Waals surface area (Å²) in [5, 5.41) is 9.84. The second-order valence-electron chi connectivity index (χ2n) is 5.06. The molecular formula is C13H17N5O2S. The van der Waals surface area contributed by atoms with Crippen molar-refractivity contribution in [2.45, 2.75) is 37.0 Å². The molecule has 1 aliphatic rings. The Bertz CT molecular complexity index is 694. The average Bonchev–Trinajstić information content (AvgIpc) is 3.20. The van der Waals surface area contributed by atoms with Crippen molar-refractivity contribution in [1.82, 2.24) is 25.2 Å². The van der Waals surface area contributed by atoms with E-state index in [1.807, 2.05) is 0 Å². The lowest BCUT2D eigenvalue weighted by atomic mass is 10.3. The van der Waals surface area contributed by atoms with E-state index in [9.17, 15) is 8.42 Å². The molecule has 0 radical (unpaired) electrons. The third-order valence-corrected chi connectivity index (χ3v) is 4.74. The van der Waals surface area contributed by atoms with E-state index in [2.05, 4.69) is 25.2 Å². The van der Waals surface area contributed by atoms with Crippen LogP contribution < -0.4 is 10.0 Å². The van der Waals surface area contributed by atoms with Gasteiger partial charge < -0.3 is 5.32 Å². The van der Waals surface area contributed by atoms with Crippen molar-refractivity contribution >= 4 is 10.0 Å².